The summed E-state index contributed by atoms with van der Waals surface area (Å²) in [5.74, 6) is 1.76. The van der Waals surface area contributed by atoms with E-state index in [0.29, 0.717) is 17.1 Å². The summed E-state index contributed by atoms with van der Waals surface area (Å²) in [4.78, 5) is 12.1. The molecule has 2 N–H and O–H groups in total. The van der Waals surface area contributed by atoms with E-state index < -0.39 is 5.60 Å². The molecule has 0 unspecified atom stereocenters. The first-order chi connectivity index (χ1) is 9.98. The average Bonchev–Trinajstić information content (AvgIpc) is 2.48. The van der Waals surface area contributed by atoms with Gasteiger partial charge in [-0.05, 0) is 55.0 Å². The summed E-state index contributed by atoms with van der Waals surface area (Å²) >= 11 is 7.68. The molecule has 0 aliphatic carbocycles. The van der Waals surface area contributed by atoms with E-state index in [4.69, 9.17) is 11.6 Å². The Labute approximate surface area is 134 Å². The molecule has 2 rings (SSSR count). The van der Waals surface area contributed by atoms with Gasteiger partial charge in [0.1, 0.15) is 0 Å². The van der Waals surface area contributed by atoms with Gasteiger partial charge < -0.3 is 10.4 Å². The van der Waals surface area contributed by atoms with Crippen LogP contribution in [0.4, 0.5) is 0 Å². The number of nitrogens with one attached hydrogen (secondary N) is 1. The highest BCUT2D eigenvalue weighted by atomic mass is 35.5. The molecule has 1 saturated heterocycles. The van der Waals surface area contributed by atoms with Crippen LogP contribution in [0.25, 0.3) is 6.08 Å². The van der Waals surface area contributed by atoms with E-state index in [0.717, 1.165) is 29.9 Å². The Bertz CT molecular complexity index is 522. The molecule has 0 aromatic heterocycles. The Morgan fingerprint density at radius 2 is 2.00 bits per heavy atom. The average molecular weight is 326 g/mol. The zero-order chi connectivity index (χ0) is 15.3. The van der Waals surface area contributed by atoms with Gasteiger partial charge in [-0.1, -0.05) is 23.7 Å². The highest BCUT2D eigenvalue weighted by molar-refractivity contribution is 7.99. The molecule has 0 radical (unpaired) electrons. The third-order valence-electron chi connectivity index (χ3n) is 3.61. The van der Waals surface area contributed by atoms with Gasteiger partial charge in [0.05, 0.1) is 5.60 Å². The molecule has 1 fully saturated rings. The summed E-state index contributed by atoms with van der Waals surface area (Å²) in [7, 11) is 0. The molecular formula is C16H20ClNO2S. The minimum Gasteiger partial charge on any atom is -0.388 e. The first kappa shape index (κ1) is 16.4. The van der Waals surface area contributed by atoms with Crippen molar-refractivity contribution in [3.05, 3.63) is 40.4 Å². The van der Waals surface area contributed by atoms with E-state index in [1.807, 2.05) is 30.0 Å². The number of aliphatic hydroxyl groups is 1. The largest absolute Gasteiger partial charge is 0.388 e. The Hall–Kier alpha value is -0.970. The maximum absolute atomic E-state index is 12.1. The summed E-state index contributed by atoms with van der Waals surface area (Å²) in [6.07, 6.45) is 3.28. The maximum Gasteiger partial charge on any atom is 0.247 e. The van der Waals surface area contributed by atoms with Crippen molar-refractivity contribution >= 4 is 35.3 Å². The van der Waals surface area contributed by atoms with Crippen molar-refractivity contribution in [2.24, 2.45) is 0 Å². The molecule has 1 aliphatic rings. The Morgan fingerprint density at radius 1 is 1.38 bits per heavy atom. The zero-order valence-electron chi connectivity index (χ0n) is 12.1. The van der Waals surface area contributed by atoms with Crippen LogP contribution in [0.15, 0.2) is 29.8 Å². The summed E-state index contributed by atoms with van der Waals surface area (Å²) in [6.45, 7) is 2.09. The van der Waals surface area contributed by atoms with E-state index >= 15 is 0 Å². The van der Waals surface area contributed by atoms with Crippen molar-refractivity contribution in [1.29, 1.82) is 0 Å². The summed E-state index contributed by atoms with van der Waals surface area (Å²) in [5, 5.41) is 13.9. The minimum atomic E-state index is -0.749. The topological polar surface area (TPSA) is 49.3 Å². The summed E-state index contributed by atoms with van der Waals surface area (Å²) in [6, 6.07) is 7.32. The molecule has 0 atom stereocenters. The van der Waals surface area contributed by atoms with E-state index in [-0.39, 0.29) is 5.91 Å². The number of halogens is 1. The normalized spacial score (nSPS) is 18.3. The predicted molar refractivity (Wildman–Crippen MR) is 89.6 cm³/mol. The number of carbonyl (C=O) groups excluding carboxylic acids is 1. The second-order valence-electron chi connectivity index (χ2n) is 5.40. The Balaban J connectivity index is 1.91. The van der Waals surface area contributed by atoms with Crippen LogP contribution in [0.2, 0.25) is 5.02 Å². The number of hydrogen-bond donors (Lipinski definition) is 2. The standard InChI is InChI=1S/C16H20ClNO2S/c1-12(10-13-2-4-14(17)5-3-13)15(19)18-11-16(20)6-8-21-9-7-16/h2-5,10,20H,6-9,11H2,1H3,(H,18,19)/b12-10-. The van der Waals surface area contributed by atoms with Gasteiger partial charge in [0.15, 0.2) is 0 Å². The predicted octanol–water partition coefficient (Wildman–Crippen LogP) is 3.12. The van der Waals surface area contributed by atoms with E-state index in [9.17, 15) is 9.90 Å². The Kier molecular flexibility index (Phi) is 5.73. The third-order valence-corrected chi connectivity index (χ3v) is 4.85. The van der Waals surface area contributed by atoms with Gasteiger partial charge in [-0.25, -0.2) is 0 Å². The van der Waals surface area contributed by atoms with Crippen LogP contribution >= 0.6 is 23.4 Å². The SMILES string of the molecule is C/C(=C/c1ccc(Cl)cc1)C(=O)NCC1(O)CCSCC1. The van der Waals surface area contributed by atoms with Gasteiger partial charge in [0, 0.05) is 17.1 Å². The van der Waals surface area contributed by atoms with Crippen LogP contribution in [0.3, 0.4) is 0 Å². The van der Waals surface area contributed by atoms with Crippen LogP contribution < -0.4 is 5.32 Å². The van der Waals surface area contributed by atoms with E-state index in [1.165, 1.54) is 0 Å². The Morgan fingerprint density at radius 3 is 2.62 bits per heavy atom. The van der Waals surface area contributed by atoms with E-state index in [1.54, 1.807) is 19.1 Å². The summed E-state index contributed by atoms with van der Waals surface area (Å²) in [5.41, 5.74) is 0.799. The van der Waals surface area contributed by atoms with Gasteiger partial charge in [0.2, 0.25) is 5.91 Å². The molecule has 21 heavy (non-hydrogen) atoms. The highest BCUT2D eigenvalue weighted by Crippen LogP contribution is 2.26. The number of amides is 1. The lowest BCUT2D eigenvalue weighted by Crippen LogP contribution is -2.45. The van der Waals surface area contributed by atoms with Crippen LogP contribution in [0, 0.1) is 0 Å². The smallest absolute Gasteiger partial charge is 0.247 e. The van der Waals surface area contributed by atoms with Gasteiger partial charge in [-0.3, -0.25) is 4.79 Å². The highest BCUT2D eigenvalue weighted by Gasteiger charge is 2.29. The minimum absolute atomic E-state index is 0.142. The third kappa shape index (κ3) is 5.06. The monoisotopic (exact) mass is 325 g/mol. The maximum atomic E-state index is 12.1. The van der Waals surface area contributed by atoms with Crippen LogP contribution in [0.5, 0.6) is 0 Å². The number of hydrogen-bond acceptors (Lipinski definition) is 3. The fourth-order valence-electron chi connectivity index (χ4n) is 2.19. The zero-order valence-corrected chi connectivity index (χ0v) is 13.6. The van der Waals surface area contributed by atoms with Gasteiger partial charge in [-0.2, -0.15) is 11.8 Å². The molecule has 1 amide bonds. The second kappa shape index (κ2) is 7.34. The molecule has 0 spiro atoms. The van der Waals surface area contributed by atoms with Gasteiger partial charge >= 0.3 is 0 Å². The molecule has 1 aromatic carbocycles. The second-order valence-corrected chi connectivity index (χ2v) is 7.06. The number of rotatable bonds is 4. The quantitative estimate of drug-likeness (QED) is 0.836. The van der Waals surface area contributed by atoms with Crippen molar-refractivity contribution in [2.45, 2.75) is 25.4 Å². The van der Waals surface area contributed by atoms with Crippen LogP contribution in [-0.4, -0.2) is 34.7 Å². The molecule has 0 saturated carbocycles. The van der Waals surface area contributed by atoms with E-state index in [2.05, 4.69) is 5.32 Å². The van der Waals surface area contributed by atoms with Gasteiger partial charge in [0.25, 0.3) is 0 Å². The lowest BCUT2D eigenvalue weighted by molar-refractivity contribution is -0.118. The van der Waals surface area contributed by atoms with Crippen molar-refractivity contribution < 1.29 is 9.90 Å². The lowest BCUT2D eigenvalue weighted by atomic mass is 9.97. The molecule has 0 bridgehead atoms. The summed E-state index contributed by atoms with van der Waals surface area (Å²) < 4.78 is 0. The number of benzene rings is 1. The first-order valence-electron chi connectivity index (χ1n) is 7.01. The molecule has 1 heterocycles. The number of carbonyl (C=O) groups is 1. The fraction of sp³-hybridized carbons (Fsp3) is 0.438. The molecule has 1 aromatic rings. The van der Waals surface area contributed by atoms with Gasteiger partial charge in [-0.15, -0.1) is 0 Å². The lowest BCUT2D eigenvalue weighted by Gasteiger charge is -2.31. The van der Waals surface area contributed by atoms with Crippen molar-refractivity contribution in [1.82, 2.24) is 5.32 Å². The van der Waals surface area contributed by atoms with Crippen LogP contribution in [0.1, 0.15) is 25.3 Å². The molecule has 5 heteroatoms. The fourth-order valence-corrected chi connectivity index (χ4v) is 3.57. The van der Waals surface area contributed by atoms with Crippen molar-refractivity contribution in [2.75, 3.05) is 18.1 Å². The molecule has 114 valence electrons. The number of thioether (sulfide) groups is 1. The van der Waals surface area contributed by atoms with Crippen molar-refractivity contribution in [3.8, 4) is 0 Å². The van der Waals surface area contributed by atoms with Crippen molar-refractivity contribution in [3.63, 3.8) is 0 Å². The van der Waals surface area contributed by atoms with Crippen LogP contribution in [-0.2, 0) is 4.79 Å². The first-order valence-corrected chi connectivity index (χ1v) is 8.54. The molecule has 1 aliphatic heterocycles. The molecule has 3 nitrogen and oxygen atoms in total. The molecular weight excluding hydrogens is 306 g/mol.